The molecule has 154 valence electrons. The molecule has 0 saturated carbocycles. The minimum absolute atomic E-state index is 0. The largest absolute Gasteiger partial charge is 0.494 e. The van der Waals surface area contributed by atoms with Gasteiger partial charge < -0.3 is 15.4 Å². The van der Waals surface area contributed by atoms with Gasteiger partial charge in [0.15, 0.2) is 5.96 Å². The molecule has 0 amide bonds. The van der Waals surface area contributed by atoms with E-state index in [1.165, 1.54) is 11.1 Å². The molecular formula is C22H28IN5O. The number of aliphatic imine (C=N–C) groups is 1. The highest BCUT2D eigenvalue weighted by Crippen LogP contribution is 2.13. The minimum Gasteiger partial charge on any atom is -0.494 e. The van der Waals surface area contributed by atoms with Crippen LogP contribution in [0.4, 0.5) is 0 Å². The van der Waals surface area contributed by atoms with Crippen molar-refractivity contribution in [2.45, 2.75) is 26.6 Å². The van der Waals surface area contributed by atoms with Crippen molar-refractivity contribution in [1.29, 1.82) is 0 Å². The Morgan fingerprint density at radius 3 is 2.55 bits per heavy atom. The fraction of sp³-hybridized carbons (Fsp3) is 0.273. The number of guanidine groups is 1. The molecule has 0 fully saturated rings. The first-order chi connectivity index (χ1) is 13.8. The first kappa shape index (κ1) is 22.7. The normalized spacial score (nSPS) is 10.9. The van der Waals surface area contributed by atoms with Crippen LogP contribution in [0.5, 0.6) is 5.75 Å². The van der Waals surface area contributed by atoms with E-state index < -0.39 is 0 Å². The van der Waals surface area contributed by atoms with Crippen molar-refractivity contribution in [3.05, 3.63) is 83.7 Å². The number of halogens is 1. The Kier molecular flexibility index (Phi) is 9.49. The molecule has 0 aliphatic carbocycles. The molecule has 0 atom stereocenters. The highest BCUT2D eigenvalue weighted by Gasteiger charge is 2.05. The predicted octanol–water partition coefficient (Wildman–Crippen LogP) is 3.81. The number of nitrogens with one attached hydrogen (secondary N) is 2. The molecular weight excluding hydrogens is 477 g/mol. The first-order valence-electron chi connectivity index (χ1n) is 9.49. The van der Waals surface area contributed by atoms with Crippen LogP contribution in [0.15, 0.2) is 72.0 Å². The van der Waals surface area contributed by atoms with Gasteiger partial charge in [-0.05, 0) is 41.8 Å². The smallest absolute Gasteiger partial charge is 0.191 e. The molecule has 1 heterocycles. The van der Waals surface area contributed by atoms with Crippen LogP contribution in [-0.2, 0) is 19.6 Å². The van der Waals surface area contributed by atoms with Gasteiger partial charge in [-0.25, -0.2) is 0 Å². The van der Waals surface area contributed by atoms with Crippen LogP contribution in [0.2, 0.25) is 0 Å². The summed E-state index contributed by atoms with van der Waals surface area (Å²) >= 11 is 0. The topological polar surface area (TPSA) is 63.5 Å². The van der Waals surface area contributed by atoms with Crippen molar-refractivity contribution in [2.24, 2.45) is 4.99 Å². The third kappa shape index (κ3) is 7.08. The van der Waals surface area contributed by atoms with E-state index in [0.717, 1.165) is 23.8 Å². The molecule has 0 bridgehead atoms. The van der Waals surface area contributed by atoms with Crippen LogP contribution >= 0.6 is 24.0 Å². The van der Waals surface area contributed by atoms with E-state index in [2.05, 4.69) is 51.1 Å². The third-order valence-corrected chi connectivity index (χ3v) is 4.35. The summed E-state index contributed by atoms with van der Waals surface area (Å²) in [6.45, 7) is 4.77. The molecule has 0 aliphatic rings. The summed E-state index contributed by atoms with van der Waals surface area (Å²) in [7, 11) is 1.78. The van der Waals surface area contributed by atoms with E-state index in [-0.39, 0.29) is 24.0 Å². The Morgan fingerprint density at radius 1 is 1.03 bits per heavy atom. The lowest BCUT2D eigenvalue weighted by atomic mass is 10.1. The highest BCUT2D eigenvalue weighted by molar-refractivity contribution is 14.0. The van der Waals surface area contributed by atoms with Crippen LogP contribution in [0.3, 0.4) is 0 Å². The lowest BCUT2D eigenvalue weighted by Crippen LogP contribution is -2.36. The number of hydrogen-bond donors (Lipinski definition) is 2. The molecule has 1 aromatic heterocycles. The van der Waals surface area contributed by atoms with Crippen LogP contribution in [0.1, 0.15) is 23.6 Å². The molecule has 29 heavy (non-hydrogen) atoms. The fourth-order valence-electron chi connectivity index (χ4n) is 2.95. The Labute approximate surface area is 189 Å². The van der Waals surface area contributed by atoms with Crippen molar-refractivity contribution in [3.8, 4) is 5.75 Å². The molecule has 3 rings (SSSR count). The Bertz CT molecular complexity index is 896. The number of aromatic nitrogens is 2. The van der Waals surface area contributed by atoms with Gasteiger partial charge in [0.25, 0.3) is 0 Å². The predicted molar refractivity (Wildman–Crippen MR) is 128 cm³/mol. The number of ether oxygens (including phenoxy) is 1. The summed E-state index contributed by atoms with van der Waals surface area (Å²) < 4.78 is 7.49. The minimum atomic E-state index is 0. The summed E-state index contributed by atoms with van der Waals surface area (Å²) in [6, 6.07) is 18.4. The second kappa shape index (κ2) is 12.1. The number of rotatable bonds is 8. The molecule has 0 aliphatic heterocycles. The van der Waals surface area contributed by atoms with E-state index in [1.807, 2.05) is 42.1 Å². The number of benzene rings is 2. The van der Waals surface area contributed by atoms with Gasteiger partial charge in [0, 0.05) is 32.5 Å². The molecule has 3 aromatic rings. The van der Waals surface area contributed by atoms with Gasteiger partial charge in [-0.15, -0.1) is 24.0 Å². The summed E-state index contributed by atoms with van der Waals surface area (Å²) in [5.74, 6) is 1.65. The fourth-order valence-corrected chi connectivity index (χ4v) is 2.95. The molecule has 2 aromatic carbocycles. The Morgan fingerprint density at radius 2 is 1.83 bits per heavy atom. The van der Waals surface area contributed by atoms with Gasteiger partial charge in [-0.3, -0.25) is 9.67 Å². The zero-order valence-corrected chi connectivity index (χ0v) is 19.2. The third-order valence-electron chi connectivity index (χ3n) is 4.35. The van der Waals surface area contributed by atoms with Crippen molar-refractivity contribution in [3.63, 3.8) is 0 Å². The molecule has 0 saturated heterocycles. The lowest BCUT2D eigenvalue weighted by Gasteiger charge is -2.15. The van der Waals surface area contributed by atoms with Crippen molar-refractivity contribution >= 4 is 29.9 Å². The molecule has 0 spiro atoms. The van der Waals surface area contributed by atoms with Crippen molar-refractivity contribution < 1.29 is 4.74 Å². The quantitative estimate of drug-likeness (QED) is 0.278. The van der Waals surface area contributed by atoms with Crippen LogP contribution < -0.4 is 15.4 Å². The molecule has 2 N–H and O–H groups in total. The van der Waals surface area contributed by atoms with Crippen LogP contribution in [0.25, 0.3) is 0 Å². The summed E-state index contributed by atoms with van der Waals surface area (Å²) in [5.41, 5.74) is 3.60. The van der Waals surface area contributed by atoms with Gasteiger partial charge >= 0.3 is 0 Å². The molecule has 0 radical (unpaired) electrons. The van der Waals surface area contributed by atoms with Crippen LogP contribution in [-0.4, -0.2) is 29.4 Å². The van der Waals surface area contributed by atoms with E-state index in [0.29, 0.717) is 19.7 Å². The SMILES string of the molecule is CCOc1cccc(CNC(=NC)NCc2ccccc2Cn2cccn2)c1.I. The van der Waals surface area contributed by atoms with Gasteiger partial charge in [0.1, 0.15) is 5.75 Å². The number of hydrogen-bond acceptors (Lipinski definition) is 3. The van der Waals surface area contributed by atoms with E-state index in [1.54, 1.807) is 13.2 Å². The van der Waals surface area contributed by atoms with E-state index in [9.17, 15) is 0 Å². The van der Waals surface area contributed by atoms with E-state index in [4.69, 9.17) is 4.74 Å². The zero-order chi connectivity index (χ0) is 19.6. The molecule has 0 unspecified atom stereocenters. The maximum Gasteiger partial charge on any atom is 0.191 e. The standard InChI is InChI=1S/C22H27N5O.HI/c1-3-28-21-11-6-8-18(14-21)15-24-22(23-2)25-16-19-9-4-5-10-20(19)17-27-13-7-12-26-27;/h4-14H,3,15-17H2,1-2H3,(H2,23,24,25);1H. The van der Waals surface area contributed by atoms with E-state index >= 15 is 0 Å². The second-order valence-electron chi connectivity index (χ2n) is 6.33. The molecule has 7 heteroatoms. The summed E-state index contributed by atoms with van der Waals surface area (Å²) in [6.07, 6.45) is 3.77. The van der Waals surface area contributed by atoms with Crippen molar-refractivity contribution in [2.75, 3.05) is 13.7 Å². The second-order valence-corrected chi connectivity index (χ2v) is 6.33. The highest BCUT2D eigenvalue weighted by atomic mass is 127. The van der Waals surface area contributed by atoms with Gasteiger partial charge in [0.2, 0.25) is 0 Å². The summed E-state index contributed by atoms with van der Waals surface area (Å²) in [5, 5.41) is 11.0. The van der Waals surface area contributed by atoms with Crippen molar-refractivity contribution in [1.82, 2.24) is 20.4 Å². The average Bonchev–Trinajstić information content (AvgIpc) is 3.23. The molecule has 6 nitrogen and oxygen atoms in total. The van der Waals surface area contributed by atoms with Gasteiger partial charge in [0.05, 0.1) is 13.2 Å². The monoisotopic (exact) mass is 505 g/mol. The van der Waals surface area contributed by atoms with Gasteiger partial charge in [-0.1, -0.05) is 36.4 Å². The maximum absolute atomic E-state index is 5.56. The first-order valence-corrected chi connectivity index (χ1v) is 9.49. The lowest BCUT2D eigenvalue weighted by molar-refractivity contribution is 0.340. The Balaban J connectivity index is 0.00000300. The van der Waals surface area contributed by atoms with Gasteiger partial charge in [-0.2, -0.15) is 5.10 Å². The van der Waals surface area contributed by atoms with Crippen LogP contribution in [0, 0.1) is 0 Å². The number of nitrogens with zero attached hydrogens (tertiary/aromatic N) is 3. The zero-order valence-electron chi connectivity index (χ0n) is 16.8. The maximum atomic E-state index is 5.56. The summed E-state index contributed by atoms with van der Waals surface area (Å²) in [4.78, 5) is 4.33. The Hall–Kier alpha value is -2.55. The average molecular weight is 505 g/mol.